The second kappa shape index (κ2) is 13.0. The summed E-state index contributed by atoms with van der Waals surface area (Å²) in [6.45, 7) is 7.46. The number of carbonyl (C=O) groups is 2. The normalized spacial score (nSPS) is 11.9. The first kappa shape index (κ1) is 26.4. The van der Waals surface area contributed by atoms with Crippen LogP contribution in [-0.4, -0.2) is 55.7 Å². The van der Waals surface area contributed by atoms with E-state index in [9.17, 15) is 9.59 Å². The van der Waals surface area contributed by atoms with Crippen molar-refractivity contribution in [2.75, 3.05) is 13.1 Å². The topological polar surface area (TPSA) is 104 Å². The summed E-state index contributed by atoms with van der Waals surface area (Å²) in [4.78, 5) is 26.8. The molecule has 0 saturated carbocycles. The molecule has 1 heterocycles. The molecule has 3 aromatic rings. The lowest BCUT2D eigenvalue weighted by Gasteiger charge is -2.24. The van der Waals surface area contributed by atoms with E-state index in [4.69, 9.17) is 0 Å². The van der Waals surface area contributed by atoms with Gasteiger partial charge in [0.1, 0.15) is 0 Å². The van der Waals surface area contributed by atoms with Gasteiger partial charge in [-0.25, -0.2) is 0 Å². The number of rotatable bonds is 12. The second-order valence-electron chi connectivity index (χ2n) is 8.98. The molecule has 0 aliphatic rings. The number of thiol groups is 1. The number of aromatic nitrogens is 4. The van der Waals surface area contributed by atoms with E-state index in [-0.39, 0.29) is 17.1 Å². The van der Waals surface area contributed by atoms with E-state index >= 15 is 0 Å². The molecule has 0 aliphatic carbocycles. The van der Waals surface area contributed by atoms with Crippen molar-refractivity contribution in [2.45, 2.75) is 51.8 Å². The first-order valence-corrected chi connectivity index (χ1v) is 12.6. The number of nitrogens with zero attached hydrogens (tertiary/aromatic N) is 4. The zero-order valence-corrected chi connectivity index (χ0v) is 21.5. The molecule has 0 radical (unpaired) electrons. The smallest absolute Gasteiger partial charge is 0.232 e. The van der Waals surface area contributed by atoms with Crippen LogP contribution in [0.15, 0.2) is 48.5 Å². The quantitative estimate of drug-likeness (QED) is 0.329. The molecule has 0 bridgehead atoms. The lowest BCUT2D eigenvalue weighted by Crippen LogP contribution is -2.40. The lowest BCUT2D eigenvalue weighted by atomic mass is 9.98. The van der Waals surface area contributed by atoms with Gasteiger partial charge >= 0.3 is 0 Å². The minimum atomic E-state index is -0.335. The minimum absolute atomic E-state index is 0.0814. The van der Waals surface area contributed by atoms with Crippen molar-refractivity contribution < 1.29 is 9.59 Å². The van der Waals surface area contributed by atoms with Crippen LogP contribution < -0.4 is 5.32 Å². The van der Waals surface area contributed by atoms with Crippen molar-refractivity contribution in [1.82, 2.24) is 30.8 Å². The van der Waals surface area contributed by atoms with Crippen LogP contribution >= 0.6 is 12.6 Å². The Labute approximate surface area is 212 Å². The summed E-state index contributed by atoms with van der Waals surface area (Å²) >= 11 is 4.40. The summed E-state index contributed by atoms with van der Waals surface area (Å²) in [7, 11) is 0. The average Bonchev–Trinajstić information content (AvgIpc) is 3.38. The zero-order valence-electron chi connectivity index (χ0n) is 20.6. The fourth-order valence-corrected chi connectivity index (χ4v) is 4.38. The maximum absolute atomic E-state index is 12.7. The Morgan fingerprint density at radius 1 is 1.09 bits per heavy atom. The Morgan fingerprint density at radius 2 is 1.80 bits per heavy atom. The number of tetrazole rings is 1. The molecule has 1 atom stereocenters. The average molecular weight is 495 g/mol. The number of nitrogens with one attached hydrogen (secondary N) is 2. The molecule has 0 aliphatic heterocycles. The Balaban J connectivity index is 1.67. The third kappa shape index (κ3) is 7.65. The van der Waals surface area contributed by atoms with Gasteiger partial charge in [0, 0.05) is 31.6 Å². The Morgan fingerprint density at radius 3 is 2.43 bits per heavy atom. The third-order valence-electron chi connectivity index (χ3n) is 5.65. The largest absolute Gasteiger partial charge is 0.353 e. The highest BCUT2D eigenvalue weighted by Crippen LogP contribution is 2.29. The highest BCUT2D eigenvalue weighted by molar-refractivity contribution is 7.81. The molecule has 2 N–H and O–H groups in total. The summed E-state index contributed by atoms with van der Waals surface area (Å²) in [5.41, 5.74) is 3.94. The van der Waals surface area contributed by atoms with E-state index in [1.807, 2.05) is 60.4 Å². The minimum Gasteiger partial charge on any atom is -0.353 e. The summed E-state index contributed by atoms with van der Waals surface area (Å²) in [5, 5.41) is 17.0. The van der Waals surface area contributed by atoms with Crippen LogP contribution in [0.3, 0.4) is 0 Å². The fourth-order valence-electron chi connectivity index (χ4n) is 3.87. The molecule has 8 nitrogen and oxygen atoms in total. The highest BCUT2D eigenvalue weighted by atomic mass is 32.1. The van der Waals surface area contributed by atoms with Crippen LogP contribution in [0.25, 0.3) is 22.5 Å². The van der Waals surface area contributed by atoms with Gasteiger partial charge in [0.25, 0.3) is 0 Å². The standard InChI is InChI=1S/C26H34N6O2S/c1-4-7-24(33)32(15-14-27-26(34)23(35)16-18(2)3)17-19-10-12-20(13-11-19)21-8-5-6-9-22(21)25-28-30-31-29-25/h5-6,8-13,18,23,35H,4,7,14-17H2,1-3H3,(H,27,34)(H,28,29,30,31). The van der Waals surface area contributed by atoms with Crippen molar-refractivity contribution in [1.29, 1.82) is 0 Å². The molecule has 0 fully saturated rings. The van der Waals surface area contributed by atoms with Gasteiger partial charge in [-0.05, 0) is 40.7 Å². The molecule has 3 rings (SSSR count). The molecule has 2 aromatic carbocycles. The zero-order chi connectivity index (χ0) is 25.2. The molecule has 35 heavy (non-hydrogen) atoms. The van der Waals surface area contributed by atoms with E-state index in [1.165, 1.54) is 0 Å². The van der Waals surface area contributed by atoms with Gasteiger partial charge in [-0.3, -0.25) is 9.59 Å². The molecule has 1 aromatic heterocycles. The van der Waals surface area contributed by atoms with Gasteiger partial charge in [-0.1, -0.05) is 69.3 Å². The monoisotopic (exact) mass is 494 g/mol. The maximum Gasteiger partial charge on any atom is 0.232 e. The lowest BCUT2D eigenvalue weighted by molar-refractivity contribution is -0.132. The number of hydrogen-bond acceptors (Lipinski definition) is 6. The van der Waals surface area contributed by atoms with Gasteiger partial charge in [0.15, 0.2) is 0 Å². The first-order chi connectivity index (χ1) is 16.9. The first-order valence-electron chi connectivity index (χ1n) is 12.0. The second-order valence-corrected chi connectivity index (χ2v) is 9.60. The summed E-state index contributed by atoms with van der Waals surface area (Å²) in [6.07, 6.45) is 1.98. The van der Waals surface area contributed by atoms with E-state index in [1.54, 1.807) is 0 Å². The van der Waals surface area contributed by atoms with Crippen LogP contribution in [0.2, 0.25) is 0 Å². The number of amides is 2. The Hall–Kier alpha value is -3.20. The van der Waals surface area contributed by atoms with Gasteiger partial charge in [0.2, 0.25) is 17.6 Å². The van der Waals surface area contributed by atoms with Crippen LogP contribution in [-0.2, 0) is 16.1 Å². The van der Waals surface area contributed by atoms with E-state index in [0.717, 1.165) is 35.1 Å². The predicted octanol–water partition coefficient (Wildman–Crippen LogP) is 4.12. The Kier molecular flexibility index (Phi) is 9.84. The van der Waals surface area contributed by atoms with Crippen molar-refractivity contribution in [2.24, 2.45) is 5.92 Å². The molecule has 9 heteroatoms. The molecule has 1 unspecified atom stereocenters. The molecular weight excluding hydrogens is 460 g/mol. The number of aromatic amines is 1. The Bertz CT molecular complexity index is 1090. The van der Waals surface area contributed by atoms with Gasteiger partial charge in [-0.2, -0.15) is 17.8 Å². The van der Waals surface area contributed by atoms with E-state index in [0.29, 0.717) is 37.8 Å². The van der Waals surface area contributed by atoms with Crippen LogP contribution in [0.1, 0.15) is 45.6 Å². The van der Waals surface area contributed by atoms with Crippen molar-refractivity contribution in [3.63, 3.8) is 0 Å². The molecule has 0 spiro atoms. The third-order valence-corrected chi connectivity index (χ3v) is 6.09. The molecular formula is C26H34N6O2S. The van der Waals surface area contributed by atoms with Crippen LogP contribution in [0.5, 0.6) is 0 Å². The highest BCUT2D eigenvalue weighted by Gasteiger charge is 2.17. The summed E-state index contributed by atoms with van der Waals surface area (Å²) in [5.74, 6) is 0.931. The number of H-pyrrole nitrogens is 1. The predicted molar refractivity (Wildman–Crippen MR) is 141 cm³/mol. The van der Waals surface area contributed by atoms with Gasteiger partial charge < -0.3 is 10.2 Å². The van der Waals surface area contributed by atoms with Crippen LogP contribution in [0.4, 0.5) is 0 Å². The van der Waals surface area contributed by atoms with Crippen LogP contribution in [0, 0.1) is 5.92 Å². The maximum atomic E-state index is 12.7. The fraction of sp³-hybridized carbons (Fsp3) is 0.423. The van der Waals surface area contributed by atoms with Gasteiger partial charge in [-0.15, -0.1) is 10.2 Å². The SMILES string of the molecule is CCCC(=O)N(CCNC(=O)C(S)CC(C)C)Cc1ccc(-c2ccccc2-c2nn[nH]n2)cc1. The molecule has 0 saturated heterocycles. The molecule has 2 amide bonds. The molecule has 186 valence electrons. The van der Waals surface area contributed by atoms with Crippen molar-refractivity contribution in [3.05, 3.63) is 54.1 Å². The van der Waals surface area contributed by atoms with Crippen molar-refractivity contribution in [3.8, 4) is 22.5 Å². The summed E-state index contributed by atoms with van der Waals surface area (Å²) in [6, 6.07) is 16.0. The number of hydrogen-bond donors (Lipinski definition) is 3. The summed E-state index contributed by atoms with van der Waals surface area (Å²) < 4.78 is 0. The van der Waals surface area contributed by atoms with Gasteiger partial charge in [0.05, 0.1) is 5.25 Å². The van der Waals surface area contributed by atoms with Crippen molar-refractivity contribution >= 4 is 24.4 Å². The number of benzene rings is 2. The number of carbonyl (C=O) groups excluding carboxylic acids is 2. The van der Waals surface area contributed by atoms with E-state index in [2.05, 4.69) is 52.4 Å². The van der Waals surface area contributed by atoms with E-state index < -0.39 is 0 Å².